The molecule has 1 unspecified atom stereocenters. The summed E-state index contributed by atoms with van der Waals surface area (Å²) in [5.41, 5.74) is 0. The number of hydrogen-bond donors (Lipinski definition) is 1. The molecule has 2 rings (SSSR count). The van der Waals surface area contributed by atoms with E-state index >= 15 is 0 Å². The van der Waals surface area contributed by atoms with E-state index in [1.54, 1.807) is 5.84 Å². The van der Waals surface area contributed by atoms with Gasteiger partial charge >= 0.3 is 0 Å². The van der Waals surface area contributed by atoms with Crippen LogP contribution in [-0.4, -0.2) is 99.9 Å². The minimum Gasteiger partial charge on any atom is -1.00 e. The van der Waals surface area contributed by atoms with Crippen molar-refractivity contribution < 1.29 is 44.5 Å². The van der Waals surface area contributed by atoms with Gasteiger partial charge in [0.15, 0.2) is 11.7 Å². The highest BCUT2D eigenvalue weighted by atomic mass is 35.5. The molecule has 11 heteroatoms. The lowest BCUT2D eigenvalue weighted by Gasteiger charge is -2.34. The van der Waals surface area contributed by atoms with Crippen LogP contribution < -0.4 is 17.7 Å². The SMILES string of the molecule is CC1=NCC[N+]1(C)CCCCCO.CCCCCCCCCCCCCCCCCC1=NCC[N+]1(CCC)CCC.CS(=O)(=O)O[O-].[Cl-]. The van der Waals surface area contributed by atoms with E-state index in [9.17, 15) is 8.42 Å². The topological polar surface area (TPSA) is 111 Å². The molecule has 2 heterocycles. The van der Waals surface area contributed by atoms with Crippen molar-refractivity contribution in [3.05, 3.63) is 0 Å². The minimum atomic E-state index is -3.72. The number of halogens is 1. The number of aliphatic imine (C=N–C) groups is 2. The predicted octanol–water partition coefficient (Wildman–Crippen LogP) is 4.57. The van der Waals surface area contributed by atoms with Crippen LogP contribution in [-0.2, 0) is 14.5 Å². The first-order valence-electron chi connectivity index (χ1n) is 19.4. The Morgan fingerprint density at radius 3 is 1.52 bits per heavy atom. The lowest BCUT2D eigenvalue weighted by molar-refractivity contribution is -0.836. The first kappa shape index (κ1) is 49.5. The molecule has 0 fully saturated rings. The van der Waals surface area contributed by atoms with E-state index < -0.39 is 10.1 Å². The minimum absolute atomic E-state index is 0. The van der Waals surface area contributed by atoms with Gasteiger partial charge in [-0.15, -0.1) is 0 Å². The molecular weight excluding hydrogens is 648 g/mol. The van der Waals surface area contributed by atoms with Crippen molar-refractivity contribution in [1.29, 1.82) is 0 Å². The highest BCUT2D eigenvalue weighted by molar-refractivity contribution is 7.85. The van der Waals surface area contributed by atoms with Crippen molar-refractivity contribution in [3.63, 3.8) is 0 Å². The summed E-state index contributed by atoms with van der Waals surface area (Å²) in [6, 6.07) is 0. The Hall–Kier alpha value is -0.620. The van der Waals surface area contributed by atoms with E-state index in [-0.39, 0.29) is 12.4 Å². The van der Waals surface area contributed by atoms with Crippen LogP contribution in [0.25, 0.3) is 0 Å². The Labute approximate surface area is 303 Å². The summed E-state index contributed by atoms with van der Waals surface area (Å²) < 4.78 is 23.8. The third-order valence-electron chi connectivity index (χ3n) is 9.83. The molecule has 0 aromatic rings. The maximum Gasteiger partial charge on any atom is 0.255 e. The molecule has 0 spiro atoms. The monoisotopic (exact) mass is 725 g/mol. The first-order chi connectivity index (χ1) is 22.5. The summed E-state index contributed by atoms with van der Waals surface area (Å²) in [4.78, 5) is 9.35. The number of nitrogens with zero attached hydrogens (tertiary/aromatic N) is 4. The zero-order valence-electron chi connectivity index (χ0n) is 32.2. The molecular formula is C37H77ClN4O5S. The van der Waals surface area contributed by atoms with E-state index in [0.717, 1.165) is 37.0 Å². The molecule has 0 amide bonds. The zero-order valence-corrected chi connectivity index (χ0v) is 33.7. The maximum atomic E-state index is 9.47. The molecule has 0 aromatic carbocycles. The summed E-state index contributed by atoms with van der Waals surface area (Å²) in [5, 5.41) is 17.5. The summed E-state index contributed by atoms with van der Waals surface area (Å²) >= 11 is 0. The average molecular weight is 726 g/mol. The van der Waals surface area contributed by atoms with Gasteiger partial charge in [0.2, 0.25) is 0 Å². The molecule has 0 bridgehead atoms. The van der Waals surface area contributed by atoms with Crippen LogP contribution in [0.3, 0.4) is 0 Å². The quantitative estimate of drug-likeness (QED) is 0.0609. The molecule has 0 radical (unpaired) electrons. The second-order valence-corrected chi connectivity index (χ2v) is 15.7. The Balaban J connectivity index is 0. The van der Waals surface area contributed by atoms with Gasteiger partial charge in [0.05, 0.1) is 46.0 Å². The van der Waals surface area contributed by atoms with Crippen molar-refractivity contribution in [2.45, 2.75) is 163 Å². The summed E-state index contributed by atoms with van der Waals surface area (Å²) in [6.07, 6.45) is 29.5. The third-order valence-corrected chi connectivity index (χ3v) is 10.1. The van der Waals surface area contributed by atoms with Gasteiger partial charge in [0.25, 0.3) is 10.1 Å². The highest BCUT2D eigenvalue weighted by Crippen LogP contribution is 2.22. The summed E-state index contributed by atoms with van der Waals surface area (Å²) in [5.74, 6) is 2.81. The Morgan fingerprint density at radius 1 is 0.688 bits per heavy atom. The van der Waals surface area contributed by atoms with Crippen molar-refractivity contribution in [3.8, 4) is 0 Å². The van der Waals surface area contributed by atoms with Crippen LogP contribution in [0.4, 0.5) is 0 Å². The maximum absolute atomic E-state index is 9.47. The molecule has 2 aliphatic heterocycles. The second-order valence-electron chi connectivity index (χ2n) is 14.1. The van der Waals surface area contributed by atoms with Crippen LogP contribution in [0.2, 0.25) is 0 Å². The van der Waals surface area contributed by atoms with Crippen molar-refractivity contribution in [2.24, 2.45) is 9.98 Å². The Morgan fingerprint density at radius 2 is 1.12 bits per heavy atom. The number of quaternary nitrogens is 2. The van der Waals surface area contributed by atoms with E-state index in [1.807, 2.05) is 0 Å². The predicted molar refractivity (Wildman–Crippen MR) is 198 cm³/mol. The van der Waals surface area contributed by atoms with E-state index in [4.69, 9.17) is 15.4 Å². The largest absolute Gasteiger partial charge is 1.00 e. The second kappa shape index (κ2) is 31.1. The molecule has 0 saturated heterocycles. The zero-order chi connectivity index (χ0) is 35.3. The van der Waals surface area contributed by atoms with E-state index in [1.165, 1.54) is 158 Å². The first-order valence-corrected chi connectivity index (χ1v) is 21.2. The number of hydrogen-bond acceptors (Lipinski definition) is 7. The molecule has 0 saturated carbocycles. The fourth-order valence-corrected chi connectivity index (χ4v) is 6.86. The van der Waals surface area contributed by atoms with E-state index in [2.05, 4.69) is 44.1 Å². The number of aliphatic hydroxyl groups excluding tert-OH is 1. The lowest BCUT2D eigenvalue weighted by atomic mass is 10.0. The molecule has 2 aliphatic rings. The highest BCUT2D eigenvalue weighted by Gasteiger charge is 2.35. The number of unbranched alkanes of at least 4 members (excludes halogenated alkanes) is 16. The molecule has 1 N–H and O–H groups in total. The Kier molecular flexibility index (Phi) is 32.1. The lowest BCUT2D eigenvalue weighted by Crippen LogP contribution is -3.00. The molecule has 1 atom stereocenters. The smallest absolute Gasteiger partial charge is 0.255 e. The standard InChI is InChI=1S/C26H53N2.C10H21N2O.CH4O4S.ClH/c1-4-7-8-9-10-11-12-13-14-15-16-17-18-19-20-21-26-27-22-25-28(26,23-5-2)24-6-3;1-10-11-6-8-12(10,2)7-4-3-5-9-13;1-6(3,4)5-2;/h4-25H2,1-3H3;13H,3-9H2,1-2H3;2H,1H3;1H/q2*+1;;/p-2. The van der Waals surface area contributed by atoms with Gasteiger partial charge in [0, 0.05) is 20.0 Å². The van der Waals surface area contributed by atoms with Crippen LogP contribution in [0, 0.1) is 0 Å². The number of rotatable bonds is 26. The Bertz CT molecular complexity index is 913. The van der Waals surface area contributed by atoms with Gasteiger partial charge in [-0.25, -0.2) is 18.4 Å². The van der Waals surface area contributed by atoms with Gasteiger partial charge in [-0.2, -0.15) is 0 Å². The fraction of sp³-hybridized carbons (Fsp3) is 0.946. The van der Waals surface area contributed by atoms with Crippen LogP contribution in [0.1, 0.15) is 163 Å². The molecule has 288 valence electrons. The van der Waals surface area contributed by atoms with Gasteiger partial charge in [-0.3, -0.25) is 8.97 Å². The van der Waals surface area contributed by atoms with E-state index in [0.29, 0.717) is 12.9 Å². The number of amidine groups is 2. The van der Waals surface area contributed by atoms with Crippen molar-refractivity contribution >= 4 is 21.8 Å². The molecule has 48 heavy (non-hydrogen) atoms. The van der Waals surface area contributed by atoms with Crippen LogP contribution in [0.15, 0.2) is 9.98 Å². The van der Waals surface area contributed by atoms with Crippen LogP contribution in [0.5, 0.6) is 0 Å². The molecule has 0 aliphatic carbocycles. The molecule has 0 aromatic heterocycles. The number of aliphatic hydroxyl groups is 1. The summed E-state index contributed by atoms with van der Waals surface area (Å²) in [7, 11) is -1.46. The average Bonchev–Trinajstić information content (AvgIpc) is 3.59. The van der Waals surface area contributed by atoms with Gasteiger partial charge in [-0.05, 0) is 38.5 Å². The van der Waals surface area contributed by atoms with Crippen molar-refractivity contribution in [1.82, 2.24) is 0 Å². The van der Waals surface area contributed by atoms with Crippen molar-refractivity contribution in [2.75, 3.05) is 65.7 Å². The van der Waals surface area contributed by atoms with Crippen LogP contribution >= 0.6 is 0 Å². The summed E-state index contributed by atoms with van der Waals surface area (Å²) in [6.45, 7) is 17.7. The number of likely N-dealkylation sites (N-methyl/N-ethyl adjacent to an activating group) is 1. The normalized spacial score (nSPS) is 18.2. The van der Waals surface area contributed by atoms with Gasteiger partial charge < -0.3 is 27.1 Å². The molecule has 9 nitrogen and oxygen atoms in total. The fourth-order valence-electron chi connectivity index (χ4n) is 6.86. The third kappa shape index (κ3) is 24.5. The van der Waals surface area contributed by atoms with Gasteiger partial charge in [0.1, 0.15) is 13.1 Å². The van der Waals surface area contributed by atoms with Gasteiger partial charge in [-0.1, -0.05) is 111 Å².